The summed E-state index contributed by atoms with van der Waals surface area (Å²) in [6, 6.07) is 0. The molecule has 5 atom stereocenters. The molecule has 2 saturated carbocycles. The predicted molar refractivity (Wildman–Crippen MR) is 80.9 cm³/mol. The molecule has 0 amide bonds. The van der Waals surface area contributed by atoms with E-state index in [4.69, 9.17) is 4.74 Å². The molecule has 2 aliphatic rings. The van der Waals surface area contributed by atoms with Gasteiger partial charge >= 0.3 is 12.4 Å². The zero-order valence-corrected chi connectivity index (χ0v) is 14.4. The second-order valence-corrected chi connectivity index (χ2v) is 7.43. The van der Waals surface area contributed by atoms with Crippen LogP contribution in [0.15, 0.2) is 12.2 Å². The molecule has 0 heterocycles. The van der Waals surface area contributed by atoms with Gasteiger partial charge in [-0.05, 0) is 50.0 Å². The molecule has 26 heavy (non-hydrogen) atoms. The summed E-state index contributed by atoms with van der Waals surface area (Å²) in [4.78, 5) is 0. The highest BCUT2D eigenvalue weighted by Crippen LogP contribution is 2.57. The third-order valence-corrected chi connectivity index (χ3v) is 5.76. The Labute approximate surface area is 148 Å². The highest BCUT2D eigenvalue weighted by molar-refractivity contribution is 5.06. The lowest BCUT2D eigenvalue weighted by atomic mass is 9.59. The lowest BCUT2D eigenvalue weighted by Crippen LogP contribution is -2.65. The SMILES string of the molecule is C=C(C)[C@@H](O)O[C@@H]1CCC(C(O)(C(F)(F)F)C(F)(F)F)C2CCCCC21. The molecule has 152 valence electrons. The van der Waals surface area contributed by atoms with Crippen LogP contribution in [0.25, 0.3) is 0 Å². The summed E-state index contributed by atoms with van der Waals surface area (Å²) in [5, 5.41) is 19.7. The lowest BCUT2D eigenvalue weighted by molar-refractivity contribution is -0.395. The first kappa shape index (κ1) is 21.5. The minimum atomic E-state index is -5.82. The van der Waals surface area contributed by atoms with Crippen LogP contribution in [0.4, 0.5) is 26.3 Å². The van der Waals surface area contributed by atoms with Crippen LogP contribution in [0.1, 0.15) is 45.4 Å². The topological polar surface area (TPSA) is 49.7 Å². The van der Waals surface area contributed by atoms with Gasteiger partial charge in [-0.15, -0.1) is 0 Å². The fraction of sp³-hybridized carbons (Fsp3) is 0.882. The van der Waals surface area contributed by atoms with Crippen LogP contribution in [-0.2, 0) is 4.74 Å². The molecule has 0 aromatic carbocycles. The molecular weight excluding hydrogens is 366 g/mol. The number of ether oxygens (including phenoxy) is 1. The van der Waals surface area contributed by atoms with Crippen LogP contribution < -0.4 is 0 Å². The molecule has 2 rings (SSSR count). The van der Waals surface area contributed by atoms with Crippen LogP contribution in [0.3, 0.4) is 0 Å². The third kappa shape index (κ3) is 3.75. The van der Waals surface area contributed by atoms with Gasteiger partial charge < -0.3 is 14.9 Å². The summed E-state index contributed by atoms with van der Waals surface area (Å²) < 4.78 is 85.3. The fourth-order valence-corrected chi connectivity index (χ4v) is 4.47. The van der Waals surface area contributed by atoms with Gasteiger partial charge in [-0.3, -0.25) is 0 Å². The first-order valence-corrected chi connectivity index (χ1v) is 8.65. The number of hydrogen-bond donors (Lipinski definition) is 2. The second kappa shape index (κ2) is 7.31. The van der Waals surface area contributed by atoms with E-state index in [9.17, 15) is 36.6 Å². The number of fused-ring (bicyclic) bond motifs is 1. The molecule has 0 radical (unpaired) electrons. The summed E-state index contributed by atoms with van der Waals surface area (Å²) in [6.45, 7) is 5.05. The minimum Gasteiger partial charge on any atom is -0.373 e. The van der Waals surface area contributed by atoms with Crippen molar-refractivity contribution in [2.45, 2.75) is 75.8 Å². The van der Waals surface area contributed by atoms with Gasteiger partial charge in [0.25, 0.3) is 5.60 Å². The molecule has 0 saturated heterocycles. The van der Waals surface area contributed by atoms with Crippen molar-refractivity contribution < 1.29 is 41.3 Å². The molecule has 0 aromatic rings. The Balaban J connectivity index is 2.34. The molecule has 2 fully saturated rings. The first-order chi connectivity index (χ1) is 11.8. The molecule has 0 aliphatic heterocycles. The highest BCUT2D eigenvalue weighted by atomic mass is 19.4. The average molecular weight is 390 g/mol. The van der Waals surface area contributed by atoms with E-state index >= 15 is 0 Å². The fourth-order valence-electron chi connectivity index (χ4n) is 4.47. The van der Waals surface area contributed by atoms with E-state index in [0.29, 0.717) is 24.8 Å². The van der Waals surface area contributed by atoms with Gasteiger partial charge in [-0.1, -0.05) is 19.4 Å². The van der Waals surface area contributed by atoms with Crippen molar-refractivity contribution in [1.82, 2.24) is 0 Å². The average Bonchev–Trinajstić information content (AvgIpc) is 2.52. The monoisotopic (exact) mass is 390 g/mol. The Hall–Kier alpha value is -0.800. The molecule has 3 unspecified atom stereocenters. The van der Waals surface area contributed by atoms with Crippen molar-refractivity contribution >= 4 is 0 Å². The van der Waals surface area contributed by atoms with Crippen molar-refractivity contribution in [3.63, 3.8) is 0 Å². The number of hydrogen-bond acceptors (Lipinski definition) is 3. The molecule has 2 aliphatic carbocycles. The Morgan fingerprint density at radius 2 is 1.46 bits per heavy atom. The van der Waals surface area contributed by atoms with E-state index in [1.54, 1.807) is 0 Å². The van der Waals surface area contributed by atoms with E-state index in [-0.39, 0.29) is 12.8 Å². The molecule has 0 aromatic heterocycles. The molecular formula is C17H24F6O3. The number of aliphatic hydroxyl groups is 2. The van der Waals surface area contributed by atoms with Gasteiger partial charge in [0.1, 0.15) is 0 Å². The van der Waals surface area contributed by atoms with Crippen molar-refractivity contribution in [3.05, 3.63) is 12.2 Å². The Bertz CT molecular complexity index is 502. The minimum absolute atomic E-state index is 0.0926. The van der Waals surface area contributed by atoms with Gasteiger partial charge in [-0.25, -0.2) is 0 Å². The highest BCUT2D eigenvalue weighted by Gasteiger charge is 2.75. The Kier molecular flexibility index (Phi) is 6.05. The van der Waals surface area contributed by atoms with Gasteiger partial charge in [-0.2, -0.15) is 26.3 Å². The van der Waals surface area contributed by atoms with Gasteiger partial charge in [0, 0.05) is 5.92 Å². The van der Waals surface area contributed by atoms with Gasteiger partial charge in [0.2, 0.25) is 0 Å². The summed E-state index contributed by atoms with van der Waals surface area (Å²) >= 11 is 0. The van der Waals surface area contributed by atoms with Crippen LogP contribution in [-0.4, -0.2) is 40.6 Å². The summed E-state index contributed by atoms with van der Waals surface area (Å²) in [6.07, 6.45) is -12.5. The molecule has 0 bridgehead atoms. The number of halogens is 6. The standard InChI is InChI=1S/C17H24F6O3/c1-9(2)14(24)26-13-8-7-12(10-5-3-4-6-11(10)13)15(25,16(18,19)20)17(21,22)23/h10-14,24-25H,1,3-8H2,2H3/t10?,11?,12?,13-,14+/m1/s1. The lowest BCUT2D eigenvalue weighted by Gasteiger charge is -2.51. The molecule has 0 spiro atoms. The van der Waals surface area contributed by atoms with Gasteiger partial charge in [0.05, 0.1) is 6.10 Å². The van der Waals surface area contributed by atoms with Crippen LogP contribution >= 0.6 is 0 Å². The molecule has 2 N–H and O–H groups in total. The van der Waals surface area contributed by atoms with E-state index < -0.39 is 54.5 Å². The van der Waals surface area contributed by atoms with Crippen molar-refractivity contribution in [3.8, 4) is 0 Å². The van der Waals surface area contributed by atoms with Crippen LogP contribution in [0, 0.1) is 17.8 Å². The summed E-state index contributed by atoms with van der Waals surface area (Å²) in [7, 11) is 0. The third-order valence-electron chi connectivity index (χ3n) is 5.76. The van der Waals surface area contributed by atoms with E-state index in [1.165, 1.54) is 6.92 Å². The normalized spacial score (nSPS) is 32.0. The summed E-state index contributed by atoms with van der Waals surface area (Å²) in [5.41, 5.74) is -4.43. The van der Waals surface area contributed by atoms with Crippen molar-refractivity contribution in [2.24, 2.45) is 17.8 Å². The summed E-state index contributed by atoms with van der Waals surface area (Å²) in [5.74, 6) is -3.53. The van der Waals surface area contributed by atoms with Crippen LogP contribution in [0.2, 0.25) is 0 Å². The first-order valence-electron chi connectivity index (χ1n) is 8.65. The Morgan fingerprint density at radius 3 is 1.92 bits per heavy atom. The maximum atomic E-state index is 13.3. The number of aliphatic hydroxyl groups excluding tert-OH is 1. The van der Waals surface area contributed by atoms with Crippen molar-refractivity contribution in [2.75, 3.05) is 0 Å². The molecule has 3 nitrogen and oxygen atoms in total. The largest absolute Gasteiger partial charge is 0.426 e. The van der Waals surface area contributed by atoms with E-state index in [1.807, 2.05) is 0 Å². The zero-order chi connectivity index (χ0) is 19.9. The number of alkyl halides is 6. The van der Waals surface area contributed by atoms with E-state index in [2.05, 4.69) is 6.58 Å². The van der Waals surface area contributed by atoms with Crippen LogP contribution in [0.5, 0.6) is 0 Å². The van der Waals surface area contributed by atoms with Gasteiger partial charge in [0.15, 0.2) is 6.29 Å². The maximum absolute atomic E-state index is 13.3. The molecule has 9 heteroatoms. The second-order valence-electron chi connectivity index (χ2n) is 7.43. The smallest absolute Gasteiger partial charge is 0.373 e. The number of rotatable bonds is 4. The van der Waals surface area contributed by atoms with E-state index in [0.717, 1.165) is 0 Å². The zero-order valence-electron chi connectivity index (χ0n) is 14.4. The maximum Gasteiger partial charge on any atom is 0.426 e. The van der Waals surface area contributed by atoms with Crippen molar-refractivity contribution in [1.29, 1.82) is 0 Å². The Morgan fingerprint density at radius 1 is 0.962 bits per heavy atom. The predicted octanol–water partition coefficient (Wildman–Crippen LogP) is 4.34. The quantitative estimate of drug-likeness (QED) is 0.427.